The molecule has 0 N–H and O–H groups in total. The molecule has 6 nitrogen and oxygen atoms in total. The SMILES string of the molecule is CCOC(=O)N1CCN(C(=O)CCN2CCCc3ccccc32)CC1. The summed E-state index contributed by atoms with van der Waals surface area (Å²) in [6.45, 7) is 6.25. The maximum absolute atomic E-state index is 12.5. The third kappa shape index (κ3) is 4.24. The Kier molecular flexibility index (Phi) is 5.79. The van der Waals surface area contributed by atoms with Crippen molar-refractivity contribution < 1.29 is 14.3 Å². The largest absolute Gasteiger partial charge is 0.450 e. The maximum atomic E-state index is 12.5. The normalized spacial score (nSPS) is 17.2. The Hall–Kier alpha value is -2.24. The van der Waals surface area contributed by atoms with Crippen LogP contribution in [0.25, 0.3) is 0 Å². The minimum Gasteiger partial charge on any atom is -0.450 e. The lowest BCUT2D eigenvalue weighted by atomic mass is 10.0. The van der Waals surface area contributed by atoms with Gasteiger partial charge in [-0.3, -0.25) is 4.79 Å². The average Bonchev–Trinajstić information content (AvgIpc) is 2.66. The van der Waals surface area contributed by atoms with Crippen LogP contribution in [0.5, 0.6) is 0 Å². The van der Waals surface area contributed by atoms with E-state index in [1.54, 1.807) is 11.8 Å². The summed E-state index contributed by atoms with van der Waals surface area (Å²) in [5, 5.41) is 0. The Balaban J connectivity index is 1.47. The van der Waals surface area contributed by atoms with E-state index >= 15 is 0 Å². The van der Waals surface area contributed by atoms with Crippen molar-refractivity contribution in [3.63, 3.8) is 0 Å². The monoisotopic (exact) mass is 345 g/mol. The molecule has 25 heavy (non-hydrogen) atoms. The second-order valence-electron chi connectivity index (χ2n) is 6.54. The quantitative estimate of drug-likeness (QED) is 0.839. The van der Waals surface area contributed by atoms with Crippen molar-refractivity contribution in [2.45, 2.75) is 26.2 Å². The molecule has 0 atom stereocenters. The Morgan fingerprint density at radius 3 is 2.52 bits per heavy atom. The van der Waals surface area contributed by atoms with Gasteiger partial charge in [0.05, 0.1) is 6.61 Å². The lowest BCUT2D eigenvalue weighted by molar-refractivity contribution is -0.132. The van der Waals surface area contributed by atoms with E-state index < -0.39 is 0 Å². The molecule has 2 aliphatic heterocycles. The highest BCUT2D eigenvalue weighted by molar-refractivity contribution is 5.77. The van der Waals surface area contributed by atoms with Gasteiger partial charge in [0, 0.05) is 51.4 Å². The van der Waals surface area contributed by atoms with Crippen molar-refractivity contribution in [2.24, 2.45) is 0 Å². The molecule has 0 spiro atoms. The van der Waals surface area contributed by atoms with Gasteiger partial charge >= 0.3 is 6.09 Å². The fourth-order valence-electron chi connectivity index (χ4n) is 3.59. The van der Waals surface area contributed by atoms with Crippen molar-refractivity contribution in [2.75, 3.05) is 50.8 Å². The lowest BCUT2D eigenvalue weighted by Crippen LogP contribution is -2.51. The molecule has 2 amide bonds. The highest BCUT2D eigenvalue weighted by atomic mass is 16.6. The molecule has 2 heterocycles. The summed E-state index contributed by atoms with van der Waals surface area (Å²) in [5.74, 6) is 0.173. The summed E-state index contributed by atoms with van der Waals surface area (Å²) >= 11 is 0. The maximum Gasteiger partial charge on any atom is 0.409 e. The number of nitrogens with zero attached hydrogens (tertiary/aromatic N) is 3. The number of para-hydroxylation sites is 1. The number of rotatable bonds is 4. The number of carbonyl (C=O) groups is 2. The van der Waals surface area contributed by atoms with Crippen LogP contribution in [0.1, 0.15) is 25.3 Å². The predicted octanol–water partition coefficient (Wildman–Crippen LogP) is 2.13. The van der Waals surface area contributed by atoms with Crippen LogP contribution < -0.4 is 4.90 Å². The first-order valence-electron chi connectivity index (χ1n) is 9.21. The third-order valence-corrected chi connectivity index (χ3v) is 4.96. The number of hydrogen-bond acceptors (Lipinski definition) is 4. The molecule has 0 aliphatic carbocycles. The number of aryl methyl sites for hydroxylation is 1. The summed E-state index contributed by atoms with van der Waals surface area (Å²) in [6, 6.07) is 8.47. The number of hydrogen-bond donors (Lipinski definition) is 0. The van der Waals surface area contributed by atoms with Crippen LogP contribution in [0.4, 0.5) is 10.5 Å². The Morgan fingerprint density at radius 2 is 1.76 bits per heavy atom. The predicted molar refractivity (Wildman–Crippen MR) is 96.8 cm³/mol. The molecule has 1 aromatic carbocycles. The molecule has 3 rings (SSSR count). The first kappa shape index (κ1) is 17.6. The van der Waals surface area contributed by atoms with Crippen LogP contribution in [0.15, 0.2) is 24.3 Å². The van der Waals surface area contributed by atoms with Crippen molar-refractivity contribution in [3.05, 3.63) is 29.8 Å². The number of piperazine rings is 1. The molecular formula is C19H27N3O3. The van der Waals surface area contributed by atoms with Crippen LogP contribution in [-0.2, 0) is 16.0 Å². The number of fused-ring (bicyclic) bond motifs is 1. The molecule has 0 bridgehead atoms. The third-order valence-electron chi connectivity index (χ3n) is 4.96. The van der Waals surface area contributed by atoms with Gasteiger partial charge in [0.25, 0.3) is 0 Å². The Labute approximate surface area is 149 Å². The number of benzene rings is 1. The average molecular weight is 345 g/mol. The Bertz CT molecular complexity index is 612. The molecule has 0 radical (unpaired) electrons. The molecule has 136 valence electrons. The molecule has 0 aromatic heterocycles. The van der Waals surface area contributed by atoms with Gasteiger partial charge in [-0.2, -0.15) is 0 Å². The van der Waals surface area contributed by atoms with Crippen LogP contribution in [0.3, 0.4) is 0 Å². The Morgan fingerprint density at radius 1 is 1.04 bits per heavy atom. The van der Waals surface area contributed by atoms with Crippen LogP contribution >= 0.6 is 0 Å². The fraction of sp³-hybridized carbons (Fsp3) is 0.579. The summed E-state index contributed by atoms with van der Waals surface area (Å²) in [7, 11) is 0. The zero-order valence-electron chi connectivity index (χ0n) is 14.9. The molecule has 0 unspecified atom stereocenters. The first-order chi connectivity index (χ1) is 12.2. The van der Waals surface area contributed by atoms with Crippen molar-refractivity contribution in [3.8, 4) is 0 Å². The van der Waals surface area contributed by atoms with Gasteiger partial charge in [-0.25, -0.2) is 4.79 Å². The van der Waals surface area contributed by atoms with Gasteiger partial charge in [-0.1, -0.05) is 18.2 Å². The molecule has 1 fully saturated rings. The summed E-state index contributed by atoms with van der Waals surface area (Å²) in [5.41, 5.74) is 2.65. The number of amides is 2. The number of ether oxygens (including phenoxy) is 1. The minimum atomic E-state index is -0.278. The van der Waals surface area contributed by atoms with Crippen molar-refractivity contribution in [1.29, 1.82) is 0 Å². The number of anilines is 1. The molecular weight excluding hydrogens is 318 g/mol. The topological polar surface area (TPSA) is 53.1 Å². The first-order valence-corrected chi connectivity index (χ1v) is 9.21. The van der Waals surface area contributed by atoms with Gasteiger partial charge in [0.15, 0.2) is 0 Å². The van der Waals surface area contributed by atoms with E-state index in [2.05, 4.69) is 29.2 Å². The van der Waals surface area contributed by atoms with Gasteiger partial charge in [-0.15, -0.1) is 0 Å². The van der Waals surface area contributed by atoms with Gasteiger partial charge in [0.1, 0.15) is 0 Å². The molecule has 0 saturated carbocycles. The highest BCUT2D eigenvalue weighted by Gasteiger charge is 2.25. The van der Waals surface area contributed by atoms with E-state index in [1.165, 1.54) is 11.3 Å². The summed E-state index contributed by atoms with van der Waals surface area (Å²) in [6.07, 6.45) is 2.51. The zero-order valence-corrected chi connectivity index (χ0v) is 14.9. The van der Waals surface area contributed by atoms with Crippen LogP contribution in [0, 0.1) is 0 Å². The van der Waals surface area contributed by atoms with E-state index in [4.69, 9.17) is 4.74 Å². The van der Waals surface area contributed by atoms with Crippen molar-refractivity contribution >= 4 is 17.7 Å². The van der Waals surface area contributed by atoms with Crippen LogP contribution in [-0.4, -0.2) is 67.7 Å². The van der Waals surface area contributed by atoms with Gasteiger partial charge in [-0.05, 0) is 31.4 Å². The van der Waals surface area contributed by atoms with E-state index in [-0.39, 0.29) is 12.0 Å². The summed E-state index contributed by atoms with van der Waals surface area (Å²) < 4.78 is 5.01. The van der Waals surface area contributed by atoms with E-state index in [1.807, 2.05) is 4.90 Å². The van der Waals surface area contributed by atoms with Gasteiger partial charge in [0.2, 0.25) is 5.91 Å². The minimum absolute atomic E-state index is 0.173. The number of carbonyl (C=O) groups excluding carboxylic acids is 2. The van der Waals surface area contributed by atoms with E-state index in [0.29, 0.717) is 39.2 Å². The smallest absolute Gasteiger partial charge is 0.409 e. The zero-order chi connectivity index (χ0) is 17.6. The van der Waals surface area contributed by atoms with E-state index in [9.17, 15) is 9.59 Å². The van der Waals surface area contributed by atoms with E-state index in [0.717, 1.165) is 25.9 Å². The second kappa shape index (κ2) is 8.23. The molecule has 6 heteroatoms. The highest BCUT2D eigenvalue weighted by Crippen LogP contribution is 2.26. The van der Waals surface area contributed by atoms with Gasteiger partial charge < -0.3 is 19.4 Å². The standard InChI is InChI=1S/C19H27N3O3/c1-2-25-19(24)22-14-12-21(13-15-22)18(23)9-11-20-10-5-7-16-6-3-4-8-17(16)20/h3-4,6,8H,2,5,7,9-15H2,1H3. The summed E-state index contributed by atoms with van der Waals surface area (Å²) in [4.78, 5) is 30.1. The van der Waals surface area contributed by atoms with Crippen LogP contribution in [0.2, 0.25) is 0 Å². The molecule has 2 aliphatic rings. The molecule has 1 aromatic rings. The van der Waals surface area contributed by atoms with Crippen molar-refractivity contribution in [1.82, 2.24) is 9.80 Å². The lowest BCUT2D eigenvalue weighted by Gasteiger charge is -2.35. The second-order valence-corrected chi connectivity index (χ2v) is 6.54. The fourth-order valence-corrected chi connectivity index (χ4v) is 3.59. The molecule has 1 saturated heterocycles.